The van der Waals surface area contributed by atoms with Crippen molar-refractivity contribution in [2.45, 2.75) is 12.5 Å². The van der Waals surface area contributed by atoms with Crippen LogP contribution in [0.4, 0.5) is 0 Å². The number of phenols is 1. The number of nitrogens with two attached hydrogens (primary N) is 1. The molecule has 3 N–H and O–H groups in total. The van der Waals surface area contributed by atoms with Crippen LogP contribution in [-0.4, -0.2) is 37.3 Å². The summed E-state index contributed by atoms with van der Waals surface area (Å²) in [7, 11) is 3.68. The molecular weight excluding hydrogens is 216 g/mol. The van der Waals surface area contributed by atoms with Gasteiger partial charge in [-0.25, -0.2) is 0 Å². The Hall–Kier alpha value is -1.26. The Balaban J connectivity index is 2.31. The molecule has 94 valence electrons. The molecule has 0 saturated carbocycles. The third-order valence-electron chi connectivity index (χ3n) is 3.56. The monoisotopic (exact) mass is 236 g/mol. The Kier molecular flexibility index (Phi) is 3.54. The van der Waals surface area contributed by atoms with Crippen molar-refractivity contribution >= 4 is 0 Å². The molecular formula is C13H20N2O2. The lowest BCUT2D eigenvalue weighted by Crippen LogP contribution is -2.20. The Labute approximate surface area is 102 Å². The Morgan fingerprint density at radius 2 is 2.29 bits per heavy atom. The number of likely N-dealkylation sites (tertiary alicyclic amines) is 1. The molecule has 1 aromatic rings. The third kappa shape index (κ3) is 2.23. The Bertz CT molecular complexity index is 395. The van der Waals surface area contributed by atoms with Crippen molar-refractivity contribution in [2.75, 3.05) is 27.2 Å². The van der Waals surface area contributed by atoms with Gasteiger partial charge in [0.25, 0.3) is 0 Å². The summed E-state index contributed by atoms with van der Waals surface area (Å²) in [5.74, 6) is 1.31. The number of nitrogens with zero attached hydrogens (tertiary/aromatic N) is 1. The number of phenolic OH excluding ortho intramolecular Hbond substituents is 1. The zero-order valence-corrected chi connectivity index (χ0v) is 10.4. The quantitative estimate of drug-likeness (QED) is 0.831. The molecule has 4 heteroatoms. The third-order valence-corrected chi connectivity index (χ3v) is 3.56. The maximum absolute atomic E-state index is 9.79. The van der Waals surface area contributed by atoms with E-state index in [1.807, 2.05) is 12.1 Å². The molecule has 1 aliphatic rings. The first kappa shape index (κ1) is 12.2. The van der Waals surface area contributed by atoms with E-state index in [0.29, 0.717) is 18.2 Å². The first-order valence-corrected chi connectivity index (χ1v) is 5.93. The molecule has 2 atom stereocenters. The van der Waals surface area contributed by atoms with Crippen molar-refractivity contribution < 1.29 is 9.84 Å². The molecule has 2 unspecified atom stereocenters. The number of para-hydroxylation sites is 1. The summed E-state index contributed by atoms with van der Waals surface area (Å²) in [4.78, 5) is 2.27. The number of aromatic hydroxyl groups is 1. The van der Waals surface area contributed by atoms with Gasteiger partial charge in [0.15, 0.2) is 11.5 Å². The van der Waals surface area contributed by atoms with Crippen molar-refractivity contribution in [1.82, 2.24) is 4.90 Å². The predicted molar refractivity (Wildman–Crippen MR) is 67.2 cm³/mol. The van der Waals surface area contributed by atoms with Gasteiger partial charge in [0.2, 0.25) is 0 Å². The van der Waals surface area contributed by atoms with Crippen molar-refractivity contribution in [1.29, 1.82) is 0 Å². The second kappa shape index (κ2) is 4.94. The predicted octanol–water partition coefficient (Wildman–Crippen LogP) is 1.35. The van der Waals surface area contributed by atoms with E-state index in [-0.39, 0.29) is 11.8 Å². The van der Waals surface area contributed by atoms with Gasteiger partial charge in [-0.2, -0.15) is 0 Å². The van der Waals surface area contributed by atoms with E-state index in [2.05, 4.69) is 11.9 Å². The highest BCUT2D eigenvalue weighted by atomic mass is 16.5. The van der Waals surface area contributed by atoms with Gasteiger partial charge in [-0.15, -0.1) is 0 Å². The number of ether oxygens (including phenoxy) is 1. The summed E-state index contributed by atoms with van der Waals surface area (Å²) in [6, 6.07) is 5.80. The highest BCUT2D eigenvalue weighted by Crippen LogP contribution is 2.41. The van der Waals surface area contributed by atoms with Crippen molar-refractivity contribution in [3.8, 4) is 11.5 Å². The molecule has 0 aliphatic carbocycles. The highest BCUT2D eigenvalue weighted by molar-refractivity contribution is 5.47. The van der Waals surface area contributed by atoms with Gasteiger partial charge in [0.1, 0.15) is 0 Å². The number of rotatable bonds is 3. The second-order valence-corrected chi connectivity index (χ2v) is 4.69. The average molecular weight is 236 g/mol. The molecule has 1 aromatic carbocycles. The summed E-state index contributed by atoms with van der Waals surface area (Å²) in [5.41, 5.74) is 6.78. The van der Waals surface area contributed by atoms with Crippen LogP contribution >= 0.6 is 0 Å². The van der Waals surface area contributed by atoms with Crippen molar-refractivity contribution in [3.63, 3.8) is 0 Å². The van der Waals surface area contributed by atoms with Gasteiger partial charge in [0.05, 0.1) is 7.11 Å². The molecule has 0 aromatic heterocycles. The van der Waals surface area contributed by atoms with Gasteiger partial charge < -0.3 is 15.6 Å². The molecule has 0 spiro atoms. The number of hydrogen-bond donors (Lipinski definition) is 2. The zero-order chi connectivity index (χ0) is 12.4. The van der Waals surface area contributed by atoms with Crippen LogP contribution in [0.25, 0.3) is 0 Å². The molecule has 0 amide bonds. The smallest absolute Gasteiger partial charge is 0.165 e. The van der Waals surface area contributed by atoms with Crippen LogP contribution in [0.2, 0.25) is 0 Å². The molecule has 0 radical (unpaired) electrons. The van der Waals surface area contributed by atoms with E-state index in [4.69, 9.17) is 10.5 Å². The fourth-order valence-electron chi connectivity index (χ4n) is 2.67. The Morgan fingerprint density at radius 3 is 2.88 bits per heavy atom. The van der Waals surface area contributed by atoms with Gasteiger partial charge in [-0.3, -0.25) is 4.90 Å². The minimum atomic E-state index is 0.203. The molecule has 2 rings (SSSR count). The summed E-state index contributed by atoms with van der Waals surface area (Å²) in [6.45, 7) is 1.71. The van der Waals surface area contributed by atoms with Crippen LogP contribution in [-0.2, 0) is 0 Å². The van der Waals surface area contributed by atoms with Crippen molar-refractivity contribution in [2.24, 2.45) is 11.7 Å². The van der Waals surface area contributed by atoms with Gasteiger partial charge in [-0.1, -0.05) is 12.1 Å². The minimum absolute atomic E-state index is 0.203. The molecule has 1 aliphatic heterocycles. The number of methoxy groups -OCH3 is 1. The zero-order valence-electron chi connectivity index (χ0n) is 10.4. The summed E-state index contributed by atoms with van der Waals surface area (Å²) in [5, 5.41) is 9.79. The molecule has 1 fully saturated rings. The maximum atomic E-state index is 9.79. The fraction of sp³-hybridized carbons (Fsp3) is 0.538. The van der Waals surface area contributed by atoms with Crippen molar-refractivity contribution in [3.05, 3.63) is 23.8 Å². The average Bonchev–Trinajstić information content (AvgIpc) is 2.70. The second-order valence-electron chi connectivity index (χ2n) is 4.69. The van der Waals surface area contributed by atoms with E-state index in [0.717, 1.165) is 18.5 Å². The normalized spacial score (nSPS) is 25.1. The fourth-order valence-corrected chi connectivity index (χ4v) is 2.67. The SMILES string of the molecule is COc1c(O)cccc1C1CC(CN)CN1C. The summed E-state index contributed by atoms with van der Waals surface area (Å²) >= 11 is 0. The van der Waals surface area contributed by atoms with Crippen LogP contribution in [0.1, 0.15) is 18.0 Å². The van der Waals surface area contributed by atoms with E-state index >= 15 is 0 Å². The molecule has 0 bridgehead atoms. The number of hydrogen-bond acceptors (Lipinski definition) is 4. The summed E-state index contributed by atoms with van der Waals surface area (Å²) in [6.07, 6.45) is 1.02. The van der Waals surface area contributed by atoms with Crippen LogP contribution in [0, 0.1) is 5.92 Å². The van der Waals surface area contributed by atoms with E-state index in [1.54, 1.807) is 13.2 Å². The van der Waals surface area contributed by atoms with Gasteiger partial charge >= 0.3 is 0 Å². The molecule has 1 saturated heterocycles. The Morgan fingerprint density at radius 1 is 1.53 bits per heavy atom. The van der Waals surface area contributed by atoms with Crippen LogP contribution in [0.5, 0.6) is 11.5 Å². The first-order valence-electron chi connectivity index (χ1n) is 5.93. The standard InChI is InChI=1S/C13H20N2O2/c1-15-8-9(7-14)6-11(15)10-4-3-5-12(16)13(10)17-2/h3-5,9,11,16H,6-8,14H2,1-2H3. The number of benzene rings is 1. The van der Waals surface area contributed by atoms with E-state index in [1.165, 1.54) is 0 Å². The van der Waals surface area contributed by atoms with Crippen LogP contribution in [0.15, 0.2) is 18.2 Å². The lowest BCUT2D eigenvalue weighted by Gasteiger charge is -2.22. The minimum Gasteiger partial charge on any atom is -0.504 e. The highest BCUT2D eigenvalue weighted by Gasteiger charge is 2.32. The maximum Gasteiger partial charge on any atom is 0.165 e. The van der Waals surface area contributed by atoms with Gasteiger partial charge in [-0.05, 0) is 32.0 Å². The van der Waals surface area contributed by atoms with Crippen LogP contribution in [0.3, 0.4) is 0 Å². The topological polar surface area (TPSA) is 58.7 Å². The largest absolute Gasteiger partial charge is 0.504 e. The summed E-state index contributed by atoms with van der Waals surface area (Å²) < 4.78 is 5.30. The van der Waals surface area contributed by atoms with E-state index < -0.39 is 0 Å². The lowest BCUT2D eigenvalue weighted by molar-refractivity contribution is 0.298. The van der Waals surface area contributed by atoms with E-state index in [9.17, 15) is 5.11 Å². The lowest BCUT2D eigenvalue weighted by atomic mass is 9.99. The van der Waals surface area contributed by atoms with Crippen LogP contribution < -0.4 is 10.5 Å². The van der Waals surface area contributed by atoms with Gasteiger partial charge in [0, 0.05) is 18.2 Å². The molecule has 1 heterocycles. The molecule has 17 heavy (non-hydrogen) atoms. The molecule has 4 nitrogen and oxygen atoms in total. The first-order chi connectivity index (χ1) is 8.17.